The summed E-state index contributed by atoms with van der Waals surface area (Å²) in [6.07, 6.45) is 1.98. The Hall–Kier alpha value is -2.70. The lowest BCUT2D eigenvalue weighted by molar-refractivity contribution is -0.180. The van der Waals surface area contributed by atoms with Crippen LogP contribution in [0.5, 0.6) is 0 Å². The van der Waals surface area contributed by atoms with Crippen molar-refractivity contribution in [1.82, 2.24) is 0 Å². The van der Waals surface area contributed by atoms with Gasteiger partial charge in [-0.05, 0) is 48.5 Å². The molecule has 0 bridgehead atoms. The molecule has 3 aliphatic rings. The van der Waals surface area contributed by atoms with Crippen LogP contribution in [0.2, 0.25) is 0 Å². The molecule has 0 saturated heterocycles. The van der Waals surface area contributed by atoms with Gasteiger partial charge in [-0.25, -0.2) is 0 Å². The Bertz CT molecular complexity index is 928. The number of methoxy groups -OCH3 is 1. The predicted molar refractivity (Wildman–Crippen MR) is 116 cm³/mol. The number of fused-ring (bicyclic) bond motifs is 3. The Morgan fingerprint density at radius 3 is 2.53 bits per heavy atom. The summed E-state index contributed by atoms with van der Waals surface area (Å²) in [5.74, 6) is -2.06. The summed E-state index contributed by atoms with van der Waals surface area (Å²) in [6, 6.07) is 10.0. The van der Waals surface area contributed by atoms with E-state index in [2.05, 4.69) is 17.3 Å². The predicted octanol–water partition coefficient (Wildman–Crippen LogP) is 3.74. The average molecular weight is 442 g/mol. The summed E-state index contributed by atoms with van der Waals surface area (Å²) in [5.41, 5.74) is 1.26. The van der Waals surface area contributed by atoms with E-state index in [0.29, 0.717) is 18.6 Å². The van der Waals surface area contributed by atoms with Crippen molar-refractivity contribution < 1.29 is 29.1 Å². The molecule has 0 unspecified atom stereocenters. The molecule has 1 aromatic rings. The van der Waals surface area contributed by atoms with E-state index in [0.717, 1.165) is 18.4 Å². The molecule has 0 heterocycles. The smallest absolute Gasteiger partial charge is 0.309 e. The first-order valence-corrected chi connectivity index (χ1v) is 11.3. The first-order chi connectivity index (χ1) is 15.3. The molecule has 7 atom stereocenters. The van der Waals surface area contributed by atoms with Crippen molar-refractivity contribution in [2.75, 3.05) is 7.11 Å². The zero-order chi connectivity index (χ0) is 23.0. The molecule has 1 aromatic carbocycles. The second kappa shape index (κ2) is 8.68. The van der Waals surface area contributed by atoms with Gasteiger partial charge in [-0.1, -0.05) is 42.4 Å². The van der Waals surface area contributed by atoms with Crippen molar-refractivity contribution in [2.24, 2.45) is 34.2 Å². The highest BCUT2D eigenvalue weighted by Gasteiger charge is 2.62. The average Bonchev–Trinajstić information content (AvgIpc) is 2.79. The van der Waals surface area contributed by atoms with Crippen LogP contribution in [-0.2, 0) is 23.9 Å². The quantitative estimate of drug-likeness (QED) is 0.436. The Balaban J connectivity index is 1.76. The Morgan fingerprint density at radius 2 is 1.91 bits per heavy atom. The number of hydrogen-bond donors (Lipinski definition) is 1. The molecule has 3 fully saturated rings. The first-order valence-electron chi connectivity index (χ1n) is 11.3. The maximum Gasteiger partial charge on any atom is 0.309 e. The normalized spacial score (nSPS) is 37.8. The lowest BCUT2D eigenvalue weighted by Crippen LogP contribution is -2.60. The molecule has 3 saturated carbocycles. The first kappa shape index (κ1) is 22.5. The molecule has 0 aliphatic heterocycles. The number of esters is 2. The Kier molecular flexibility index (Phi) is 6.10. The molecule has 7 nitrogen and oxygen atoms in total. The topological polar surface area (TPSA) is 102 Å². The van der Waals surface area contributed by atoms with Crippen molar-refractivity contribution in [2.45, 2.75) is 58.0 Å². The van der Waals surface area contributed by atoms with Gasteiger partial charge in [0, 0.05) is 25.2 Å². The Labute approximate surface area is 188 Å². The van der Waals surface area contributed by atoms with Crippen LogP contribution in [0.15, 0.2) is 35.5 Å². The molecule has 32 heavy (non-hydrogen) atoms. The fraction of sp³-hybridized carbons (Fsp3) is 0.600. The van der Waals surface area contributed by atoms with Crippen LogP contribution in [0.25, 0.3) is 0 Å². The summed E-state index contributed by atoms with van der Waals surface area (Å²) < 4.78 is 10.5. The van der Waals surface area contributed by atoms with Gasteiger partial charge in [0.15, 0.2) is 11.9 Å². The number of benzene rings is 1. The highest BCUT2D eigenvalue weighted by atomic mass is 16.5. The van der Waals surface area contributed by atoms with Gasteiger partial charge in [-0.2, -0.15) is 0 Å². The number of rotatable bonds is 3. The van der Waals surface area contributed by atoms with Crippen LogP contribution in [0, 0.1) is 29.1 Å². The molecule has 0 radical (unpaired) electrons. The zero-order valence-corrected chi connectivity index (χ0v) is 18.8. The van der Waals surface area contributed by atoms with E-state index < -0.39 is 29.3 Å². The van der Waals surface area contributed by atoms with E-state index in [1.54, 1.807) is 0 Å². The monoisotopic (exact) mass is 441 g/mol. The van der Waals surface area contributed by atoms with E-state index in [4.69, 9.17) is 9.47 Å². The molecule has 0 amide bonds. The number of Topliss-reactive ketones (excluding diaryl/α,β-unsaturated/α-hetero) is 1. The highest BCUT2D eigenvalue weighted by Crippen LogP contribution is 2.60. The molecule has 7 heteroatoms. The standard InChI is InChI=1S/C25H31NO6/c1-14(27)32-21-13-19(24(29)31-3)25(2)10-9-17-18(22(25)23(21)28)11-16(12-20(17)26-30)15-7-5-4-6-8-15/h4-8,16-19,21-22,30H,9-13H2,1-3H3/b26-20+/t16-,17-,18+,19+,21+,22+,25+/m1/s1. The fourth-order valence-electron chi connectivity index (χ4n) is 6.72. The van der Waals surface area contributed by atoms with Crippen molar-refractivity contribution >= 4 is 23.4 Å². The third kappa shape index (κ3) is 3.71. The third-order valence-electron chi connectivity index (χ3n) is 8.15. The van der Waals surface area contributed by atoms with Crippen molar-refractivity contribution in [3.63, 3.8) is 0 Å². The Morgan fingerprint density at radius 1 is 1.19 bits per heavy atom. The largest absolute Gasteiger partial charge is 0.469 e. The molecule has 1 N–H and O–H groups in total. The van der Waals surface area contributed by atoms with Crippen LogP contribution >= 0.6 is 0 Å². The molecular formula is C25H31NO6. The SMILES string of the molecule is COC(=O)[C@@H]1C[C@H](OC(C)=O)C(=O)[C@@H]2[C@H]3C[C@@H](c4ccccc4)C/C(=N\O)[C@@H]3CC[C@]21C. The number of carbonyl (C=O) groups is 3. The maximum absolute atomic E-state index is 13.7. The van der Waals surface area contributed by atoms with Crippen molar-refractivity contribution in [1.29, 1.82) is 0 Å². The lowest BCUT2D eigenvalue weighted by atomic mass is 9.46. The van der Waals surface area contributed by atoms with E-state index >= 15 is 0 Å². The molecular weight excluding hydrogens is 410 g/mol. The van der Waals surface area contributed by atoms with Gasteiger partial charge in [0.25, 0.3) is 0 Å². The van der Waals surface area contributed by atoms with Crippen LogP contribution in [-0.4, -0.2) is 41.9 Å². The van der Waals surface area contributed by atoms with Gasteiger partial charge in [0.05, 0.1) is 18.7 Å². The summed E-state index contributed by atoms with van der Waals surface area (Å²) in [4.78, 5) is 38.2. The summed E-state index contributed by atoms with van der Waals surface area (Å²) in [6.45, 7) is 3.28. The van der Waals surface area contributed by atoms with Crippen molar-refractivity contribution in [3.8, 4) is 0 Å². The minimum atomic E-state index is -0.958. The van der Waals surface area contributed by atoms with E-state index in [9.17, 15) is 19.6 Å². The van der Waals surface area contributed by atoms with Gasteiger partial charge in [0.1, 0.15) is 0 Å². The lowest BCUT2D eigenvalue weighted by Gasteiger charge is -2.57. The molecule has 0 aromatic heterocycles. The minimum Gasteiger partial charge on any atom is -0.469 e. The van der Waals surface area contributed by atoms with Crippen LogP contribution < -0.4 is 0 Å². The molecule has 3 aliphatic carbocycles. The van der Waals surface area contributed by atoms with E-state index in [-0.39, 0.29) is 35.9 Å². The van der Waals surface area contributed by atoms with Gasteiger partial charge in [0.2, 0.25) is 0 Å². The maximum atomic E-state index is 13.7. The number of hydrogen-bond acceptors (Lipinski definition) is 7. The number of oxime groups is 1. The second-order valence-electron chi connectivity index (χ2n) is 9.74. The summed E-state index contributed by atoms with van der Waals surface area (Å²) >= 11 is 0. The number of ketones is 1. The van der Waals surface area contributed by atoms with Crippen molar-refractivity contribution in [3.05, 3.63) is 35.9 Å². The van der Waals surface area contributed by atoms with Crippen LogP contribution in [0.1, 0.15) is 57.4 Å². The third-order valence-corrected chi connectivity index (χ3v) is 8.15. The molecule has 172 valence electrons. The van der Waals surface area contributed by atoms with Crippen LogP contribution in [0.3, 0.4) is 0 Å². The summed E-state index contributed by atoms with van der Waals surface area (Å²) in [5, 5.41) is 13.5. The van der Waals surface area contributed by atoms with Crippen LogP contribution in [0.4, 0.5) is 0 Å². The highest BCUT2D eigenvalue weighted by molar-refractivity contribution is 5.94. The van der Waals surface area contributed by atoms with E-state index in [1.165, 1.54) is 14.0 Å². The zero-order valence-electron chi connectivity index (χ0n) is 18.8. The molecule has 0 spiro atoms. The van der Waals surface area contributed by atoms with Gasteiger partial charge >= 0.3 is 11.9 Å². The number of nitrogens with zero attached hydrogens (tertiary/aromatic N) is 1. The number of ether oxygens (including phenoxy) is 2. The second-order valence-corrected chi connectivity index (χ2v) is 9.74. The number of carbonyl (C=O) groups excluding carboxylic acids is 3. The minimum absolute atomic E-state index is 0.0311. The summed E-state index contributed by atoms with van der Waals surface area (Å²) in [7, 11) is 1.35. The van der Waals surface area contributed by atoms with E-state index in [1.807, 2.05) is 25.1 Å². The van der Waals surface area contributed by atoms with Gasteiger partial charge in [-0.15, -0.1) is 0 Å². The molecule has 4 rings (SSSR count). The fourth-order valence-corrected chi connectivity index (χ4v) is 6.72. The van der Waals surface area contributed by atoms with Gasteiger partial charge < -0.3 is 14.7 Å². The van der Waals surface area contributed by atoms with Gasteiger partial charge in [-0.3, -0.25) is 14.4 Å².